The fourth-order valence-electron chi connectivity index (χ4n) is 3.16. The number of hydrogen-bond acceptors (Lipinski definition) is 3. The van der Waals surface area contributed by atoms with Gasteiger partial charge in [0, 0.05) is 30.2 Å². The van der Waals surface area contributed by atoms with Crippen LogP contribution in [0.1, 0.15) is 31.7 Å². The summed E-state index contributed by atoms with van der Waals surface area (Å²) in [4.78, 5) is 40.8. The average molecular weight is 356 g/mol. The number of urea groups is 1. The van der Waals surface area contributed by atoms with Gasteiger partial charge in [0.2, 0.25) is 5.91 Å². The lowest BCUT2D eigenvalue weighted by atomic mass is 10.1. The predicted molar refractivity (Wildman–Crippen MR) is 98.6 cm³/mol. The van der Waals surface area contributed by atoms with Gasteiger partial charge in [-0.25, -0.2) is 4.79 Å². The zero-order chi connectivity index (χ0) is 18.5. The number of carbonyl (C=O) groups excluding carboxylic acids is 3. The Hall–Kier alpha value is -2.83. The van der Waals surface area contributed by atoms with Gasteiger partial charge in [-0.3, -0.25) is 14.5 Å². The van der Waals surface area contributed by atoms with Gasteiger partial charge >= 0.3 is 6.03 Å². The molecule has 0 bridgehead atoms. The molecular weight excluding hydrogens is 332 g/mol. The summed E-state index contributed by atoms with van der Waals surface area (Å²) < 4.78 is 0. The van der Waals surface area contributed by atoms with Crippen LogP contribution in [0.25, 0.3) is 10.9 Å². The first-order valence-corrected chi connectivity index (χ1v) is 9.03. The Morgan fingerprint density at radius 3 is 2.88 bits per heavy atom. The maximum atomic E-state index is 12.5. The van der Waals surface area contributed by atoms with E-state index in [1.807, 2.05) is 37.4 Å². The van der Waals surface area contributed by atoms with E-state index < -0.39 is 12.1 Å². The van der Waals surface area contributed by atoms with Crippen LogP contribution in [-0.4, -0.2) is 46.9 Å². The van der Waals surface area contributed by atoms with Gasteiger partial charge in [0.15, 0.2) is 0 Å². The molecule has 3 rings (SSSR count). The highest BCUT2D eigenvalue weighted by atomic mass is 16.2. The summed E-state index contributed by atoms with van der Waals surface area (Å²) >= 11 is 0. The molecule has 7 heteroatoms. The third kappa shape index (κ3) is 3.87. The van der Waals surface area contributed by atoms with Crippen LogP contribution in [0.4, 0.5) is 4.79 Å². The summed E-state index contributed by atoms with van der Waals surface area (Å²) in [7, 11) is 0. The molecule has 0 saturated carbocycles. The van der Waals surface area contributed by atoms with E-state index in [9.17, 15) is 14.4 Å². The average Bonchev–Trinajstić information content (AvgIpc) is 3.15. The number of para-hydroxylation sites is 1. The van der Waals surface area contributed by atoms with Crippen molar-refractivity contribution in [3.63, 3.8) is 0 Å². The second-order valence-electron chi connectivity index (χ2n) is 6.51. The molecule has 138 valence electrons. The molecule has 1 saturated heterocycles. The molecule has 7 nitrogen and oxygen atoms in total. The lowest BCUT2D eigenvalue weighted by Gasteiger charge is -2.12. The largest absolute Gasteiger partial charge is 0.361 e. The second-order valence-corrected chi connectivity index (χ2v) is 6.51. The Bertz CT molecular complexity index is 814. The standard InChI is InChI=1S/C19H24N4O3/c1-2-3-9-20-17(24)11-16-18(25)23(19(26)22-16)10-8-13-12-21-15-7-5-4-6-14(13)15/h4-7,12,16,21H,2-3,8-11H2,1H3,(H,20,24)(H,22,26)/t16-/m1/s1. The molecule has 0 spiro atoms. The van der Waals surface area contributed by atoms with Gasteiger partial charge in [-0.05, 0) is 24.5 Å². The second kappa shape index (κ2) is 8.03. The molecule has 1 aliphatic heterocycles. The molecule has 0 unspecified atom stereocenters. The first-order chi connectivity index (χ1) is 12.6. The van der Waals surface area contributed by atoms with E-state index in [1.165, 1.54) is 4.90 Å². The molecule has 1 aliphatic rings. The number of nitrogens with zero attached hydrogens (tertiary/aromatic N) is 1. The molecule has 0 aliphatic carbocycles. The molecule has 1 aromatic carbocycles. The fourth-order valence-corrected chi connectivity index (χ4v) is 3.16. The van der Waals surface area contributed by atoms with Crippen LogP contribution in [0.3, 0.4) is 0 Å². The van der Waals surface area contributed by atoms with Crippen LogP contribution in [0.2, 0.25) is 0 Å². The van der Waals surface area contributed by atoms with Crippen molar-refractivity contribution in [2.45, 2.75) is 38.6 Å². The van der Waals surface area contributed by atoms with Crippen LogP contribution in [0.5, 0.6) is 0 Å². The lowest BCUT2D eigenvalue weighted by molar-refractivity contribution is -0.130. The Balaban J connectivity index is 1.56. The normalized spacial score (nSPS) is 17.0. The number of aromatic amines is 1. The molecule has 2 heterocycles. The quantitative estimate of drug-likeness (QED) is 0.498. The molecule has 1 atom stereocenters. The van der Waals surface area contributed by atoms with Gasteiger partial charge in [-0.2, -0.15) is 0 Å². The van der Waals surface area contributed by atoms with Gasteiger partial charge in [0.25, 0.3) is 5.91 Å². The summed E-state index contributed by atoms with van der Waals surface area (Å²) in [6, 6.07) is 6.71. The van der Waals surface area contributed by atoms with Crippen molar-refractivity contribution in [2.75, 3.05) is 13.1 Å². The molecular formula is C19H24N4O3. The number of unbranched alkanes of at least 4 members (excludes halogenated alkanes) is 1. The first-order valence-electron chi connectivity index (χ1n) is 9.03. The van der Waals surface area contributed by atoms with Crippen LogP contribution in [0, 0.1) is 0 Å². The maximum absolute atomic E-state index is 12.5. The van der Waals surface area contributed by atoms with E-state index >= 15 is 0 Å². The minimum atomic E-state index is -0.771. The topological polar surface area (TPSA) is 94.3 Å². The highest BCUT2D eigenvalue weighted by Gasteiger charge is 2.38. The highest BCUT2D eigenvalue weighted by molar-refractivity contribution is 6.05. The lowest BCUT2D eigenvalue weighted by Crippen LogP contribution is -2.37. The monoisotopic (exact) mass is 356 g/mol. The van der Waals surface area contributed by atoms with Crippen molar-refractivity contribution in [3.05, 3.63) is 36.0 Å². The molecule has 1 aromatic heterocycles. The predicted octanol–water partition coefficient (Wildman–Crippen LogP) is 1.94. The first kappa shape index (κ1) is 18.0. The summed E-state index contributed by atoms with van der Waals surface area (Å²) in [5.41, 5.74) is 2.09. The summed E-state index contributed by atoms with van der Waals surface area (Å²) in [5.74, 6) is -0.545. The van der Waals surface area contributed by atoms with Crippen LogP contribution in [-0.2, 0) is 16.0 Å². The number of fused-ring (bicyclic) bond motifs is 1. The minimum Gasteiger partial charge on any atom is -0.361 e. The number of rotatable bonds is 8. The van der Waals surface area contributed by atoms with Gasteiger partial charge in [0.05, 0.1) is 6.42 Å². The number of carbonyl (C=O) groups is 3. The van der Waals surface area contributed by atoms with Gasteiger partial charge in [-0.15, -0.1) is 0 Å². The summed E-state index contributed by atoms with van der Waals surface area (Å²) in [6.07, 6.45) is 4.34. The maximum Gasteiger partial charge on any atom is 0.324 e. The van der Waals surface area contributed by atoms with E-state index in [0.717, 1.165) is 29.3 Å². The molecule has 26 heavy (non-hydrogen) atoms. The number of benzene rings is 1. The van der Waals surface area contributed by atoms with Crippen LogP contribution in [0.15, 0.2) is 30.5 Å². The van der Waals surface area contributed by atoms with Gasteiger partial charge < -0.3 is 15.6 Å². The number of H-pyrrole nitrogens is 1. The number of aromatic nitrogens is 1. The van der Waals surface area contributed by atoms with Crippen molar-refractivity contribution in [2.24, 2.45) is 0 Å². The van der Waals surface area contributed by atoms with E-state index in [4.69, 9.17) is 0 Å². The van der Waals surface area contributed by atoms with Crippen LogP contribution >= 0.6 is 0 Å². The van der Waals surface area contributed by atoms with E-state index in [0.29, 0.717) is 19.5 Å². The Morgan fingerprint density at radius 1 is 1.27 bits per heavy atom. The summed E-state index contributed by atoms with van der Waals surface area (Å²) in [6.45, 7) is 2.92. The fraction of sp³-hybridized carbons (Fsp3) is 0.421. The molecule has 2 aromatic rings. The van der Waals surface area contributed by atoms with Crippen molar-refractivity contribution in [3.8, 4) is 0 Å². The van der Waals surface area contributed by atoms with E-state index in [1.54, 1.807) is 0 Å². The smallest absolute Gasteiger partial charge is 0.324 e. The van der Waals surface area contributed by atoms with Crippen molar-refractivity contribution >= 4 is 28.7 Å². The third-order valence-electron chi connectivity index (χ3n) is 4.63. The van der Waals surface area contributed by atoms with Gasteiger partial charge in [0.1, 0.15) is 6.04 Å². The van der Waals surface area contributed by atoms with Crippen molar-refractivity contribution in [1.82, 2.24) is 20.5 Å². The van der Waals surface area contributed by atoms with Gasteiger partial charge in [-0.1, -0.05) is 31.5 Å². The molecule has 1 fully saturated rings. The zero-order valence-corrected chi connectivity index (χ0v) is 14.9. The Labute approximate surface area is 152 Å². The minimum absolute atomic E-state index is 0.0160. The molecule has 4 amide bonds. The third-order valence-corrected chi connectivity index (χ3v) is 4.63. The molecule has 3 N–H and O–H groups in total. The zero-order valence-electron chi connectivity index (χ0n) is 14.9. The van der Waals surface area contributed by atoms with Crippen LogP contribution < -0.4 is 10.6 Å². The Morgan fingerprint density at radius 2 is 2.08 bits per heavy atom. The SMILES string of the molecule is CCCCNC(=O)C[C@H]1NC(=O)N(CCc2c[nH]c3ccccc23)C1=O. The number of hydrogen-bond donors (Lipinski definition) is 3. The molecule has 0 radical (unpaired) electrons. The van der Waals surface area contributed by atoms with Crippen molar-refractivity contribution < 1.29 is 14.4 Å². The van der Waals surface area contributed by atoms with E-state index in [-0.39, 0.29) is 18.2 Å². The Kier molecular flexibility index (Phi) is 5.55. The number of imide groups is 1. The van der Waals surface area contributed by atoms with E-state index in [2.05, 4.69) is 15.6 Å². The summed E-state index contributed by atoms with van der Waals surface area (Å²) in [5, 5.41) is 6.47. The number of amides is 4. The van der Waals surface area contributed by atoms with Crippen molar-refractivity contribution in [1.29, 1.82) is 0 Å². The highest BCUT2D eigenvalue weighted by Crippen LogP contribution is 2.19. The number of nitrogens with one attached hydrogen (secondary N) is 3.